The molecule has 0 saturated carbocycles. The summed E-state index contributed by atoms with van der Waals surface area (Å²) in [6.07, 6.45) is 1.59. The molecular weight excluding hydrogens is 291 g/mol. The number of halogens is 2. The summed E-state index contributed by atoms with van der Waals surface area (Å²) >= 11 is 16.8. The minimum atomic E-state index is 0.253. The number of nitrogens with zero attached hydrogens (tertiary/aromatic N) is 1. The number of pyridine rings is 1. The lowest BCUT2D eigenvalue weighted by molar-refractivity contribution is 0.480. The van der Waals surface area contributed by atoms with Crippen LogP contribution < -0.4 is 4.74 Å². The summed E-state index contributed by atoms with van der Waals surface area (Å²) < 4.78 is 5.88. The molecule has 0 spiro atoms. The van der Waals surface area contributed by atoms with Gasteiger partial charge in [-0.05, 0) is 18.2 Å². The van der Waals surface area contributed by atoms with Gasteiger partial charge in [-0.1, -0.05) is 35.4 Å². The zero-order chi connectivity index (χ0) is 13.1. The van der Waals surface area contributed by atoms with Gasteiger partial charge in [-0.25, -0.2) is 0 Å². The minimum absolute atomic E-state index is 0.253. The number of hydrogen-bond acceptors (Lipinski definition) is 3. The van der Waals surface area contributed by atoms with Crippen LogP contribution in [0.5, 0.6) is 11.5 Å². The average molecular weight is 297 g/mol. The van der Waals surface area contributed by atoms with E-state index in [0.29, 0.717) is 26.2 Å². The van der Waals surface area contributed by atoms with Crippen LogP contribution in [-0.2, 0) is 0 Å². The van der Waals surface area contributed by atoms with Crippen molar-refractivity contribution in [2.75, 3.05) is 0 Å². The second-order valence-corrected chi connectivity index (χ2v) is 4.59. The van der Waals surface area contributed by atoms with Gasteiger partial charge in [0, 0.05) is 17.3 Å². The molecule has 2 rings (SSSR count). The van der Waals surface area contributed by atoms with Crippen LogP contribution in [0, 0.1) is 16.0 Å². The fraction of sp³-hybridized carbons (Fsp3) is 0. The molecule has 2 aromatic rings. The number of hydrogen-bond donors (Lipinski definition) is 1. The van der Waals surface area contributed by atoms with Gasteiger partial charge < -0.3 is 9.72 Å². The van der Waals surface area contributed by atoms with Gasteiger partial charge in [0.15, 0.2) is 0 Å². The van der Waals surface area contributed by atoms with E-state index in [1.165, 1.54) is 0 Å². The van der Waals surface area contributed by atoms with Crippen LogP contribution >= 0.6 is 35.4 Å². The zero-order valence-corrected chi connectivity index (χ0v) is 11.2. The summed E-state index contributed by atoms with van der Waals surface area (Å²) in [5.74, 6) is 0.715. The number of benzene rings is 1. The maximum absolute atomic E-state index is 9.03. The summed E-state index contributed by atoms with van der Waals surface area (Å²) in [5, 5.41) is 9.92. The summed E-state index contributed by atoms with van der Waals surface area (Å²) in [5.41, 5.74) is 0.253. The molecule has 0 radical (unpaired) electrons. The van der Waals surface area contributed by atoms with Crippen LogP contribution in [0.25, 0.3) is 0 Å². The highest BCUT2D eigenvalue weighted by molar-refractivity contribution is 7.71. The third kappa shape index (κ3) is 2.65. The highest BCUT2D eigenvalue weighted by atomic mass is 35.5. The van der Waals surface area contributed by atoms with E-state index < -0.39 is 0 Å². The van der Waals surface area contributed by atoms with Gasteiger partial charge >= 0.3 is 0 Å². The van der Waals surface area contributed by atoms with E-state index in [1.807, 2.05) is 6.07 Å². The first-order chi connectivity index (χ1) is 8.61. The predicted octanol–water partition coefficient (Wildman–Crippen LogP) is 4.71. The van der Waals surface area contributed by atoms with Crippen molar-refractivity contribution in [1.29, 1.82) is 5.26 Å². The van der Waals surface area contributed by atoms with E-state index >= 15 is 0 Å². The van der Waals surface area contributed by atoms with Crippen molar-refractivity contribution in [2.45, 2.75) is 0 Å². The van der Waals surface area contributed by atoms with Crippen LogP contribution in [0.4, 0.5) is 0 Å². The van der Waals surface area contributed by atoms with Crippen molar-refractivity contribution in [2.24, 2.45) is 0 Å². The molecule has 3 nitrogen and oxygen atoms in total. The van der Waals surface area contributed by atoms with Crippen LogP contribution in [0.2, 0.25) is 10.0 Å². The first-order valence-corrected chi connectivity index (χ1v) is 6.03. The van der Waals surface area contributed by atoms with Crippen molar-refractivity contribution >= 4 is 35.4 Å². The Hall–Kier alpha value is -1.54. The Morgan fingerprint density at radius 3 is 2.72 bits per heavy atom. The van der Waals surface area contributed by atoms with E-state index in [-0.39, 0.29) is 5.56 Å². The largest absolute Gasteiger partial charge is 0.454 e. The van der Waals surface area contributed by atoms with Crippen molar-refractivity contribution in [3.05, 3.63) is 50.7 Å². The van der Waals surface area contributed by atoms with Crippen molar-refractivity contribution in [1.82, 2.24) is 4.98 Å². The third-order valence-corrected chi connectivity index (χ3v) is 3.02. The highest BCUT2D eigenvalue weighted by Crippen LogP contribution is 2.33. The lowest BCUT2D eigenvalue weighted by atomic mass is 10.3. The first-order valence-electron chi connectivity index (χ1n) is 4.86. The average Bonchev–Trinajstić information content (AvgIpc) is 2.34. The molecule has 1 aromatic heterocycles. The molecule has 6 heteroatoms. The number of nitriles is 1. The molecule has 0 bridgehead atoms. The fourth-order valence-electron chi connectivity index (χ4n) is 1.33. The summed E-state index contributed by atoms with van der Waals surface area (Å²) in [7, 11) is 0. The van der Waals surface area contributed by atoms with Crippen molar-refractivity contribution < 1.29 is 4.74 Å². The lowest BCUT2D eigenvalue weighted by Gasteiger charge is -2.09. The predicted molar refractivity (Wildman–Crippen MR) is 72.9 cm³/mol. The van der Waals surface area contributed by atoms with Gasteiger partial charge in [0.05, 0.1) is 5.02 Å². The standard InChI is InChI=1S/C12H6Cl2N2OS/c13-7-1-2-9(14)11(5-7)17-10-3-4-16-12(18)8(10)6-15/h1-5H,(H,16,18). The van der Waals surface area contributed by atoms with E-state index in [2.05, 4.69) is 4.98 Å². The molecule has 0 saturated heterocycles. The van der Waals surface area contributed by atoms with E-state index in [9.17, 15) is 0 Å². The van der Waals surface area contributed by atoms with Gasteiger partial charge in [-0.15, -0.1) is 0 Å². The maximum Gasteiger partial charge on any atom is 0.149 e. The number of nitrogens with one attached hydrogen (secondary N) is 1. The number of aromatic amines is 1. The Labute approximate surface area is 119 Å². The molecule has 1 aromatic carbocycles. The smallest absolute Gasteiger partial charge is 0.149 e. The molecule has 0 unspecified atom stereocenters. The molecule has 0 aliphatic heterocycles. The number of rotatable bonds is 2. The summed E-state index contributed by atoms with van der Waals surface area (Å²) in [4.78, 5) is 2.76. The molecule has 1 heterocycles. The van der Waals surface area contributed by atoms with Gasteiger partial charge in [0.2, 0.25) is 0 Å². The topological polar surface area (TPSA) is 48.8 Å². The van der Waals surface area contributed by atoms with Crippen LogP contribution in [0.15, 0.2) is 30.5 Å². The molecule has 90 valence electrons. The Kier molecular flexibility index (Phi) is 3.87. The zero-order valence-electron chi connectivity index (χ0n) is 8.91. The van der Waals surface area contributed by atoms with E-state index in [4.69, 9.17) is 45.4 Å². The molecule has 0 aliphatic carbocycles. The number of aromatic nitrogens is 1. The molecule has 1 N–H and O–H groups in total. The SMILES string of the molecule is N#Cc1c(Oc2cc(Cl)ccc2Cl)cc[nH]c1=S. The Balaban J connectivity index is 2.47. The van der Waals surface area contributed by atoms with Crippen LogP contribution in [-0.4, -0.2) is 4.98 Å². The van der Waals surface area contributed by atoms with Gasteiger partial charge in [0.1, 0.15) is 27.8 Å². The van der Waals surface area contributed by atoms with Gasteiger partial charge in [0.25, 0.3) is 0 Å². The van der Waals surface area contributed by atoms with Crippen molar-refractivity contribution in [3.8, 4) is 17.6 Å². The van der Waals surface area contributed by atoms with Gasteiger partial charge in [-0.2, -0.15) is 5.26 Å². The van der Waals surface area contributed by atoms with Crippen LogP contribution in [0.3, 0.4) is 0 Å². The monoisotopic (exact) mass is 296 g/mol. The minimum Gasteiger partial charge on any atom is -0.454 e. The van der Waals surface area contributed by atoms with E-state index in [1.54, 1.807) is 30.5 Å². The second kappa shape index (κ2) is 5.40. The number of ether oxygens (including phenoxy) is 1. The molecular formula is C12H6Cl2N2OS. The molecule has 18 heavy (non-hydrogen) atoms. The van der Waals surface area contributed by atoms with E-state index in [0.717, 1.165) is 0 Å². The third-order valence-electron chi connectivity index (χ3n) is 2.15. The fourth-order valence-corrected chi connectivity index (χ4v) is 1.86. The summed E-state index contributed by atoms with van der Waals surface area (Å²) in [6.45, 7) is 0. The molecule has 0 atom stereocenters. The Morgan fingerprint density at radius 2 is 2.00 bits per heavy atom. The Bertz CT molecular complexity index is 691. The lowest BCUT2D eigenvalue weighted by Crippen LogP contribution is -1.91. The maximum atomic E-state index is 9.03. The second-order valence-electron chi connectivity index (χ2n) is 3.33. The molecule has 0 amide bonds. The van der Waals surface area contributed by atoms with Gasteiger partial charge in [-0.3, -0.25) is 0 Å². The first kappa shape index (κ1) is 12.9. The number of H-pyrrole nitrogens is 1. The normalized spacial score (nSPS) is 9.83. The molecule has 0 aliphatic rings. The van der Waals surface area contributed by atoms with Crippen molar-refractivity contribution in [3.63, 3.8) is 0 Å². The van der Waals surface area contributed by atoms with Crippen LogP contribution in [0.1, 0.15) is 5.56 Å². The summed E-state index contributed by atoms with van der Waals surface area (Å²) in [6, 6.07) is 8.43. The molecule has 0 fully saturated rings. The highest BCUT2D eigenvalue weighted by Gasteiger charge is 2.09. The Morgan fingerprint density at radius 1 is 1.22 bits per heavy atom. The quantitative estimate of drug-likeness (QED) is 0.816.